The molecule has 0 saturated carbocycles. The van der Waals surface area contributed by atoms with Crippen molar-refractivity contribution in [1.29, 1.82) is 0 Å². The third-order valence-corrected chi connectivity index (χ3v) is 4.90. The summed E-state index contributed by atoms with van der Waals surface area (Å²) in [6.45, 7) is 4.42. The number of hydrogen-bond acceptors (Lipinski definition) is 3. The molecule has 1 atom stereocenters. The molecule has 0 saturated heterocycles. The van der Waals surface area contributed by atoms with Gasteiger partial charge in [-0.25, -0.2) is 4.98 Å². The van der Waals surface area contributed by atoms with Crippen LogP contribution >= 0.6 is 11.3 Å². The minimum Gasteiger partial charge on any atom is -0.322 e. The van der Waals surface area contributed by atoms with Gasteiger partial charge in [-0.2, -0.15) is 0 Å². The topological polar surface area (TPSA) is 38.9 Å². The molecular weight excluding hydrogens is 276 g/mol. The number of rotatable bonds is 4. The standard InChI is InChI=1S/C18H20N2S/c1-12(2)14-9-7-13(8-10-14)11-15(19)18-20-16-5-3-4-6-17(16)21-18/h3-10,12,15H,11,19H2,1-2H3. The second-order valence-electron chi connectivity index (χ2n) is 5.73. The fourth-order valence-electron chi connectivity index (χ4n) is 2.43. The molecule has 3 heteroatoms. The molecule has 0 radical (unpaired) electrons. The van der Waals surface area contributed by atoms with Gasteiger partial charge in [0.05, 0.1) is 16.3 Å². The molecule has 2 aromatic carbocycles. The molecule has 0 bridgehead atoms. The van der Waals surface area contributed by atoms with Crippen LogP contribution in [-0.2, 0) is 6.42 Å². The average Bonchev–Trinajstić information content (AvgIpc) is 2.92. The number of aromatic nitrogens is 1. The molecule has 1 unspecified atom stereocenters. The third kappa shape index (κ3) is 3.14. The molecule has 0 amide bonds. The summed E-state index contributed by atoms with van der Waals surface area (Å²) >= 11 is 1.70. The lowest BCUT2D eigenvalue weighted by molar-refractivity contribution is 0.716. The monoisotopic (exact) mass is 296 g/mol. The average molecular weight is 296 g/mol. The molecule has 0 aliphatic rings. The van der Waals surface area contributed by atoms with Crippen molar-refractivity contribution in [3.63, 3.8) is 0 Å². The molecule has 3 rings (SSSR count). The Morgan fingerprint density at radius 2 is 1.76 bits per heavy atom. The van der Waals surface area contributed by atoms with Crippen molar-refractivity contribution in [1.82, 2.24) is 4.98 Å². The Morgan fingerprint density at radius 3 is 2.43 bits per heavy atom. The molecular formula is C18H20N2S. The Labute approximate surface area is 129 Å². The van der Waals surface area contributed by atoms with Crippen molar-refractivity contribution in [2.45, 2.75) is 32.2 Å². The summed E-state index contributed by atoms with van der Waals surface area (Å²) in [5.41, 5.74) is 10.0. The Hall–Kier alpha value is -1.71. The number of benzene rings is 2. The van der Waals surface area contributed by atoms with Gasteiger partial charge in [0.25, 0.3) is 0 Å². The van der Waals surface area contributed by atoms with E-state index in [2.05, 4.69) is 49.2 Å². The van der Waals surface area contributed by atoms with E-state index < -0.39 is 0 Å². The van der Waals surface area contributed by atoms with Gasteiger partial charge in [0, 0.05) is 0 Å². The molecule has 0 aliphatic heterocycles. The second-order valence-corrected chi connectivity index (χ2v) is 6.79. The summed E-state index contributed by atoms with van der Waals surface area (Å²) in [6, 6.07) is 16.9. The maximum atomic E-state index is 6.34. The predicted octanol–water partition coefficient (Wildman–Crippen LogP) is 4.66. The van der Waals surface area contributed by atoms with E-state index in [9.17, 15) is 0 Å². The fraction of sp³-hybridized carbons (Fsp3) is 0.278. The van der Waals surface area contributed by atoms with E-state index in [4.69, 9.17) is 5.73 Å². The zero-order chi connectivity index (χ0) is 14.8. The summed E-state index contributed by atoms with van der Waals surface area (Å²) in [4.78, 5) is 4.65. The van der Waals surface area contributed by atoms with Crippen LogP contribution in [0.3, 0.4) is 0 Å². The lowest BCUT2D eigenvalue weighted by Crippen LogP contribution is -2.13. The van der Waals surface area contributed by atoms with E-state index in [0.717, 1.165) is 16.9 Å². The summed E-state index contributed by atoms with van der Waals surface area (Å²) in [6.07, 6.45) is 0.832. The second kappa shape index (κ2) is 5.96. The number of nitrogens with zero attached hydrogens (tertiary/aromatic N) is 1. The summed E-state index contributed by atoms with van der Waals surface area (Å²) in [5, 5.41) is 1.02. The van der Waals surface area contributed by atoms with Gasteiger partial charge in [0.2, 0.25) is 0 Å². The van der Waals surface area contributed by atoms with Crippen LogP contribution in [0.5, 0.6) is 0 Å². The van der Waals surface area contributed by atoms with Crippen molar-refractivity contribution in [2.75, 3.05) is 0 Å². The molecule has 0 spiro atoms. The first-order valence-electron chi connectivity index (χ1n) is 7.33. The zero-order valence-electron chi connectivity index (χ0n) is 12.4. The first kappa shape index (κ1) is 14.2. The van der Waals surface area contributed by atoms with Crippen LogP contribution in [-0.4, -0.2) is 4.98 Å². The Kier molecular flexibility index (Phi) is 4.04. The zero-order valence-corrected chi connectivity index (χ0v) is 13.2. The molecule has 2 N–H and O–H groups in total. The highest BCUT2D eigenvalue weighted by Crippen LogP contribution is 2.27. The van der Waals surface area contributed by atoms with Gasteiger partial charge >= 0.3 is 0 Å². The number of para-hydroxylation sites is 1. The SMILES string of the molecule is CC(C)c1ccc(CC(N)c2nc3ccccc3s2)cc1. The van der Waals surface area contributed by atoms with Gasteiger partial charge in [0.1, 0.15) is 5.01 Å². The van der Waals surface area contributed by atoms with Crippen molar-refractivity contribution in [2.24, 2.45) is 5.73 Å². The van der Waals surface area contributed by atoms with Gasteiger partial charge in [-0.1, -0.05) is 50.2 Å². The normalized spacial score (nSPS) is 13.0. The lowest BCUT2D eigenvalue weighted by atomic mass is 9.99. The van der Waals surface area contributed by atoms with Crippen molar-refractivity contribution in [3.05, 3.63) is 64.7 Å². The van der Waals surface area contributed by atoms with Crippen molar-refractivity contribution >= 4 is 21.6 Å². The van der Waals surface area contributed by atoms with Crippen LogP contribution in [0.25, 0.3) is 10.2 Å². The van der Waals surface area contributed by atoms with Crippen LogP contribution in [0.1, 0.15) is 41.9 Å². The van der Waals surface area contributed by atoms with E-state index in [1.165, 1.54) is 15.8 Å². The van der Waals surface area contributed by atoms with Crippen LogP contribution < -0.4 is 5.73 Å². The van der Waals surface area contributed by atoms with E-state index in [0.29, 0.717) is 5.92 Å². The highest BCUT2D eigenvalue weighted by Gasteiger charge is 2.12. The van der Waals surface area contributed by atoms with Gasteiger partial charge < -0.3 is 5.73 Å². The molecule has 21 heavy (non-hydrogen) atoms. The van der Waals surface area contributed by atoms with Gasteiger partial charge in [-0.3, -0.25) is 0 Å². The third-order valence-electron chi connectivity index (χ3n) is 3.73. The molecule has 0 aliphatic carbocycles. The quantitative estimate of drug-likeness (QED) is 0.760. The van der Waals surface area contributed by atoms with Crippen molar-refractivity contribution < 1.29 is 0 Å². The van der Waals surface area contributed by atoms with Gasteiger partial charge in [-0.15, -0.1) is 11.3 Å². The van der Waals surface area contributed by atoms with Crippen LogP contribution in [0, 0.1) is 0 Å². The smallest absolute Gasteiger partial charge is 0.111 e. The molecule has 0 fully saturated rings. The van der Waals surface area contributed by atoms with E-state index in [1.54, 1.807) is 11.3 Å². The van der Waals surface area contributed by atoms with Gasteiger partial charge in [-0.05, 0) is 35.6 Å². The van der Waals surface area contributed by atoms with Crippen LogP contribution in [0.4, 0.5) is 0 Å². The molecule has 1 aromatic heterocycles. The fourth-order valence-corrected chi connectivity index (χ4v) is 3.40. The molecule has 2 nitrogen and oxygen atoms in total. The van der Waals surface area contributed by atoms with Crippen LogP contribution in [0.15, 0.2) is 48.5 Å². The van der Waals surface area contributed by atoms with E-state index in [1.807, 2.05) is 18.2 Å². The number of hydrogen-bond donors (Lipinski definition) is 1. The molecule has 108 valence electrons. The maximum absolute atomic E-state index is 6.34. The largest absolute Gasteiger partial charge is 0.322 e. The first-order valence-corrected chi connectivity index (χ1v) is 8.15. The number of thiazole rings is 1. The van der Waals surface area contributed by atoms with E-state index >= 15 is 0 Å². The summed E-state index contributed by atoms with van der Waals surface area (Å²) < 4.78 is 1.21. The van der Waals surface area contributed by atoms with Gasteiger partial charge in [0.15, 0.2) is 0 Å². The van der Waals surface area contributed by atoms with E-state index in [-0.39, 0.29) is 6.04 Å². The molecule has 1 heterocycles. The minimum atomic E-state index is -0.0349. The highest BCUT2D eigenvalue weighted by molar-refractivity contribution is 7.18. The summed E-state index contributed by atoms with van der Waals surface area (Å²) in [5.74, 6) is 0.567. The Bertz CT molecular complexity index is 695. The predicted molar refractivity (Wildman–Crippen MR) is 90.8 cm³/mol. The minimum absolute atomic E-state index is 0.0349. The Balaban J connectivity index is 1.77. The lowest BCUT2D eigenvalue weighted by Gasteiger charge is -2.10. The van der Waals surface area contributed by atoms with Crippen LogP contribution in [0.2, 0.25) is 0 Å². The maximum Gasteiger partial charge on any atom is 0.111 e. The summed E-state index contributed by atoms with van der Waals surface area (Å²) in [7, 11) is 0. The highest BCUT2D eigenvalue weighted by atomic mass is 32.1. The first-order chi connectivity index (χ1) is 10.1. The number of nitrogens with two attached hydrogens (primary N) is 1. The molecule has 3 aromatic rings. The van der Waals surface area contributed by atoms with Crippen molar-refractivity contribution in [3.8, 4) is 0 Å². The Morgan fingerprint density at radius 1 is 1.05 bits per heavy atom. The number of fused-ring (bicyclic) bond motifs is 1.